The summed E-state index contributed by atoms with van der Waals surface area (Å²) in [6.07, 6.45) is 2.03. The number of nitrogens with two attached hydrogens (primary N) is 3. The second-order valence-corrected chi connectivity index (χ2v) is 2.13. The average molecular weight is 176 g/mol. The molecule has 0 aromatic carbocycles. The van der Waals surface area contributed by atoms with Crippen molar-refractivity contribution in [1.82, 2.24) is 0 Å². The number of ether oxygens (including phenoxy) is 1. The molecule has 6 heteroatoms. The zero-order valence-corrected chi connectivity index (χ0v) is 6.69. The highest BCUT2D eigenvalue weighted by atomic mass is 16.5. The molecule has 0 atom stereocenters. The van der Waals surface area contributed by atoms with Gasteiger partial charge in [0.1, 0.15) is 12.8 Å². The van der Waals surface area contributed by atoms with Crippen molar-refractivity contribution in [3.8, 4) is 0 Å². The Labute approximate surface area is 70.1 Å². The molecule has 0 aromatic heterocycles. The normalized spacial score (nSPS) is 11.6. The summed E-state index contributed by atoms with van der Waals surface area (Å²) in [5, 5.41) is 8.19. The molecule has 6 nitrogen and oxygen atoms in total. The molecule has 0 saturated heterocycles. The van der Waals surface area contributed by atoms with Gasteiger partial charge >= 0.3 is 5.97 Å². The lowest BCUT2D eigenvalue weighted by Gasteiger charge is -1.99. The summed E-state index contributed by atoms with van der Waals surface area (Å²) in [6.45, 7) is 0.00208. The maximum Gasteiger partial charge on any atom is 0.329 e. The van der Waals surface area contributed by atoms with E-state index in [4.69, 9.17) is 21.4 Å². The van der Waals surface area contributed by atoms with E-state index in [1.54, 1.807) is 6.20 Å². The number of carboxylic acid groups (broad SMARTS) is 1. The fraction of sp³-hybridized carbons (Fsp3) is 0.500. The number of hydrogen-bond donors (Lipinski definition) is 4. The Balaban J connectivity index is 3.31. The van der Waals surface area contributed by atoms with Crippen molar-refractivity contribution in [2.75, 3.05) is 13.2 Å². The van der Waals surface area contributed by atoms with Gasteiger partial charge in [-0.15, -0.1) is 0 Å². The number of rotatable bonds is 6. The van der Waals surface area contributed by atoms with Crippen LogP contribution in [-0.4, -0.2) is 24.3 Å². The maximum atomic E-state index is 9.97. The predicted octanol–water partition coefficient (Wildman–Crippen LogP) is -2.29. The molecule has 0 aliphatic carbocycles. The summed E-state index contributed by atoms with van der Waals surface area (Å²) in [6, 6.07) is 0. The molecule has 0 heterocycles. The molecule has 0 aromatic rings. The average Bonchev–Trinajstić information content (AvgIpc) is 1.98. The number of quaternary nitrogens is 1. The van der Waals surface area contributed by atoms with Crippen molar-refractivity contribution >= 4 is 5.97 Å². The first kappa shape index (κ1) is 10.9. The zero-order valence-electron chi connectivity index (χ0n) is 6.69. The van der Waals surface area contributed by atoms with Crippen molar-refractivity contribution < 1.29 is 20.1 Å². The van der Waals surface area contributed by atoms with E-state index in [2.05, 4.69) is 0 Å². The standard InChI is InChI=1S/C6H13N3O3/c7-5(3-9-8)1-2-12-4-6(10)11/h3,9H,1-2,4,7-8H2,(H,10,11)/p+1. The highest BCUT2D eigenvalue weighted by Crippen LogP contribution is 1.89. The SMILES string of the molecule is N[NH2+]C=C(N)CCOCC(=O)O. The monoisotopic (exact) mass is 176 g/mol. The van der Waals surface area contributed by atoms with E-state index < -0.39 is 5.97 Å². The van der Waals surface area contributed by atoms with Crippen LogP contribution in [0, 0.1) is 0 Å². The molecular weight excluding hydrogens is 162 g/mol. The summed E-state index contributed by atoms with van der Waals surface area (Å²) in [5.41, 5.74) is 7.32. The molecule has 0 radical (unpaired) electrons. The van der Waals surface area contributed by atoms with Crippen LogP contribution in [0.15, 0.2) is 11.9 Å². The van der Waals surface area contributed by atoms with Gasteiger partial charge in [-0.05, 0) is 0 Å². The second-order valence-electron chi connectivity index (χ2n) is 2.13. The van der Waals surface area contributed by atoms with E-state index in [0.717, 1.165) is 0 Å². The van der Waals surface area contributed by atoms with Crippen LogP contribution in [-0.2, 0) is 9.53 Å². The van der Waals surface area contributed by atoms with Crippen molar-refractivity contribution in [2.45, 2.75) is 6.42 Å². The van der Waals surface area contributed by atoms with Gasteiger partial charge in [-0.2, -0.15) is 5.84 Å². The van der Waals surface area contributed by atoms with Gasteiger partial charge in [0.15, 0.2) is 0 Å². The third-order valence-corrected chi connectivity index (χ3v) is 1.07. The summed E-state index contributed by atoms with van der Waals surface area (Å²) in [7, 11) is 0. The van der Waals surface area contributed by atoms with Crippen molar-refractivity contribution in [3.63, 3.8) is 0 Å². The molecule has 70 valence electrons. The molecule has 0 amide bonds. The van der Waals surface area contributed by atoms with Gasteiger partial charge in [0.05, 0.1) is 12.3 Å². The fourth-order valence-electron chi connectivity index (χ4n) is 0.556. The van der Waals surface area contributed by atoms with Gasteiger partial charge < -0.3 is 15.6 Å². The molecule has 0 rings (SSSR count). The summed E-state index contributed by atoms with van der Waals surface area (Å²) >= 11 is 0. The molecule has 0 unspecified atom stereocenters. The van der Waals surface area contributed by atoms with Crippen LogP contribution in [0.2, 0.25) is 0 Å². The first-order valence-corrected chi connectivity index (χ1v) is 3.46. The Morgan fingerprint density at radius 2 is 2.33 bits per heavy atom. The third kappa shape index (κ3) is 7.00. The quantitative estimate of drug-likeness (QED) is 0.207. The van der Waals surface area contributed by atoms with Gasteiger partial charge in [-0.25, -0.2) is 10.2 Å². The number of hydrogen-bond acceptors (Lipinski definition) is 4. The smallest absolute Gasteiger partial charge is 0.329 e. The van der Waals surface area contributed by atoms with Crippen LogP contribution in [0.3, 0.4) is 0 Å². The Kier molecular flexibility index (Phi) is 5.98. The molecule has 7 N–H and O–H groups in total. The van der Waals surface area contributed by atoms with E-state index >= 15 is 0 Å². The van der Waals surface area contributed by atoms with Crippen LogP contribution < -0.4 is 17.0 Å². The molecule has 0 fully saturated rings. The lowest BCUT2D eigenvalue weighted by molar-refractivity contribution is -0.601. The zero-order chi connectivity index (χ0) is 9.40. The lowest BCUT2D eigenvalue weighted by Crippen LogP contribution is -2.86. The minimum Gasteiger partial charge on any atom is -0.480 e. The molecular formula is C6H14N3O3+. The first-order chi connectivity index (χ1) is 5.66. The highest BCUT2D eigenvalue weighted by Gasteiger charge is 1.97. The van der Waals surface area contributed by atoms with Gasteiger partial charge in [0, 0.05) is 6.42 Å². The number of aliphatic carboxylic acids is 1. The van der Waals surface area contributed by atoms with Crippen LogP contribution >= 0.6 is 0 Å². The Hall–Kier alpha value is -1.11. The van der Waals surface area contributed by atoms with Crippen molar-refractivity contribution in [1.29, 1.82) is 0 Å². The van der Waals surface area contributed by atoms with E-state index in [-0.39, 0.29) is 6.61 Å². The summed E-state index contributed by atoms with van der Waals surface area (Å²) < 4.78 is 4.74. The molecule has 0 saturated carbocycles. The highest BCUT2D eigenvalue weighted by molar-refractivity contribution is 5.67. The Morgan fingerprint density at radius 1 is 1.67 bits per heavy atom. The van der Waals surface area contributed by atoms with Crippen LogP contribution in [0.1, 0.15) is 6.42 Å². The molecule has 0 aliphatic rings. The summed E-state index contributed by atoms with van der Waals surface area (Å²) in [5.74, 6) is 4.08. The Morgan fingerprint density at radius 3 is 2.83 bits per heavy atom. The number of carboxylic acids is 1. The maximum absolute atomic E-state index is 9.97. The largest absolute Gasteiger partial charge is 0.480 e. The van der Waals surface area contributed by atoms with Crippen LogP contribution in [0.4, 0.5) is 0 Å². The van der Waals surface area contributed by atoms with Crippen LogP contribution in [0.25, 0.3) is 0 Å². The molecule has 0 aliphatic heterocycles. The Bertz CT molecular complexity index is 169. The van der Waals surface area contributed by atoms with E-state index in [0.29, 0.717) is 18.7 Å². The van der Waals surface area contributed by atoms with Gasteiger partial charge in [0.25, 0.3) is 0 Å². The first-order valence-electron chi connectivity index (χ1n) is 3.46. The minimum atomic E-state index is -0.983. The fourth-order valence-corrected chi connectivity index (χ4v) is 0.556. The molecule has 0 spiro atoms. The van der Waals surface area contributed by atoms with E-state index in [1.165, 1.54) is 5.43 Å². The van der Waals surface area contributed by atoms with Crippen molar-refractivity contribution in [3.05, 3.63) is 11.9 Å². The second kappa shape index (κ2) is 6.59. The predicted molar refractivity (Wildman–Crippen MR) is 41.5 cm³/mol. The summed E-state index contributed by atoms with van der Waals surface area (Å²) in [4.78, 5) is 9.97. The van der Waals surface area contributed by atoms with Gasteiger partial charge in [-0.1, -0.05) is 0 Å². The van der Waals surface area contributed by atoms with Gasteiger partial charge in [0.2, 0.25) is 0 Å². The topological polar surface area (TPSA) is 115 Å². The van der Waals surface area contributed by atoms with Crippen molar-refractivity contribution in [2.24, 2.45) is 11.6 Å². The third-order valence-electron chi connectivity index (χ3n) is 1.07. The van der Waals surface area contributed by atoms with E-state index in [1.807, 2.05) is 0 Å². The minimum absolute atomic E-state index is 0.292. The number of carbonyl (C=O) groups is 1. The lowest BCUT2D eigenvalue weighted by atomic mass is 10.3. The van der Waals surface area contributed by atoms with Gasteiger partial charge in [-0.3, -0.25) is 0 Å². The van der Waals surface area contributed by atoms with Crippen LogP contribution in [0.5, 0.6) is 0 Å². The molecule has 0 bridgehead atoms. The van der Waals surface area contributed by atoms with E-state index in [9.17, 15) is 4.79 Å². The molecule has 12 heavy (non-hydrogen) atoms.